The molecule has 8 heteroatoms. The Morgan fingerprint density at radius 1 is 1.07 bits per heavy atom. The number of hydrogen-bond donors (Lipinski definition) is 2. The molecule has 0 unspecified atom stereocenters. The Labute approximate surface area is 173 Å². The van der Waals surface area contributed by atoms with Crippen molar-refractivity contribution < 1.29 is 4.74 Å². The van der Waals surface area contributed by atoms with Crippen LogP contribution in [0.3, 0.4) is 0 Å². The van der Waals surface area contributed by atoms with Crippen LogP contribution in [0.5, 0.6) is 0 Å². The number of nitrogens with two attached hydrogens (primary N) is 1. The van der Waals surface area contributed by atoms with Gasteiger partial charge >= 0.3 is 0 Å². The van der Waals surface area contributed by atoms with Crippen LogP contribution in [0.4, 0.5) is 11.8 Å². The summed E-state index contributed by atoms with van der Waals surface area (Å²) in [5, 5.41) is 9.20. The molecule has 29 heavy (non-hydrogen) atoms. The van der Waals surface area contributed by atoms with Crippen LogP contribution >= 0.6 is 11.6 Å². The monoisotopic (exact) mass is 408 g/mol. The van der Waals surface area contributed by atoms with E-state index in [-0.39, 0.29) is 0 Å². The highest BCUT2D eigenvalue weighted by Crippen LogP contribution is 2.32. The molecule has 0 spiro atoms. The van der Waals surface area contributed by atoms with Gasteiger partial charge in [0.1, 0.15) is 5.82 Å². The summed E-state index contributed by atoms with van der Waals surface area (Å²) in [4.78, 5) is 9.26. The quantitative estimate of drug-likeness (QED) is 0.451. The molecule has 0 saturated heterocycles. The number of rotatable bonds is 7. The molecule has 0 aliphatic carbocycles. The minimum absolute atomic E-state index is 0.476. The summed E-state index contributed by atoms with van der Waals surface area (Å²) >= 11 is 6.06. The van der Waals surface area contributed by atoms with Crippen LogP contribution in [-0.4, -0.2) is 40.0 Å². The summed E-state index contributed by atoms with van der Waals surface area (Å²) in [5.41, 5.74) is 9.73. The maximum absolute atomic E-state index is 6.48. The molecule has 4 rings (SSSR count). The van der Waals surface area contributed by atoms with Gasteiger partial charge in [0.15, 0.2) is 5.65 Å². The SMILES string of the molecule is COCCNc1nc(-c2ccc(Cl)cc2)c2c(N)n(Cc3ccccc3)nc2n1. The number of nitrogen functional groups attached to an aromatic ring is 1. The van der Waals surface area contributed by atoms with Gasteiger partial charge in [0.2, 0.25) is 5.95 Å². The van der Waals surface area contributed by atoms with Crippen molar-refractivity contribution in [2.75, 3.05) is 31.3 Å². The Kier molecular flexibility index (Phi) is 5.59. The van der Waals surface area contributed by atoms with Crippen molar-refractivity contribution in [3.05, 3.63) is 65.2 Å². The first kappa shape index (κ1) is 19.2. The summed E-state index contributed by atoms with van der Waals surface area (Å²) in [6.07, 6.45) is 0. The maximum atomic E-state index is 6.48. The van der Waals surface area contributed by atoms with E-state index in [0.717, 1.165) is 16.5 Å². The van der Waals surface area contributed by atoms with Crippen LogP contribution in [0, 0.1) is 0 Å². The van der Waals surface area contributed by atoms with Crippen LogP contribution in [0.25, 0.3) is 22.3 Å². The highest BCUT2D eigenvalue weighted by molar-refractivity contribution is 6.30. The number of anilines is 2. The Morgan fingerprint density at radius 2 is 1.83 bits per heavy atom. The second-order valence-electron chi connectivity index (χ2n) is 6.55. The molecule has 0 radical (unpaired) electrons. The summed E-state index contributed by atoms with van der Waals surface area (Å²) in [6.45, 7) is 1.68. The summed E-state index contributed by atoms with van der Waals surface area (Å²) in [6, 6.07) is 17.5. The molecule has 0 aliphatic heterocycles. The summed E-state index contributed by atoms with van der Waals surface area (Å²) in [7, 11) is 1.65. The first-order valence-electron chi connectivity index (χ1n) is 9.22. The van der Waals surface area contributed by atoms with Crippen molar-refractivity contribution in [3.63, 3.8) is 0 Å². The Bertz CT molecular complexity index is 1110. The Morgan fingerprint density at radius 3 is 2.55 bits per heavy atom. The second kappa shape index (κ2) is 8.46. The van der Waals surface area contributed by atoms with Gasteiger partial charge in [0.25, 0.3) is 0 Å². The lowest BCUT2D eigenvalue weighted by atomic mass is 10.1. The lowest BCUT2D eigenvalue weighted by molar-refractivity contribution is 0.210. The van der Waals surface area contributed by atoms with Crippen LogP contribution in [0.15, 0.2) is 54.6 Å². The molecule has 0 aliphatic rings. The fourth-order valence-corrected chi connectivity index (χ4v) is 3.22. The minimum atomic E-state index is 0.476. The number of nitrogens with one attached hydrogen (secondary N) is 1. The van der Waals surface area contributed by atoms with Crippen molar-refractivity contribution >= 4 is 34.4 Å². The Balaban J connectivity index is 1.82. The molecule has 0 bridgehead atoms. The van der Waals surface area contributed by atoms with Crippen molar-refractivity contribution in [1.82, 2.24) is 19.7 Å². The first-order valence-corrected chi connectivity index (χ1v) is 9.60. The number of ether oxygens (including phenoxy) is 1. The van der Waals surface area contributed by atoms with E-state index in [1.54, 1.807) is 11.8 Å². The van der Waals surface area contributed by atoms with Gasteiger partial charge in [-0.1, -0.05) is 54.1 Å². The number of nitrogens with zero attached hydrogens (tertiary/aromatic N) is 4. The van der Waals surface area contributed by atoms with Gasteiger partial charge in [-0.05, 0) is 17.7 Å². The largest absolute Gasteiger partial charge is 0.383 e. The standard InChI is InChI=1S/C21H21ClN6O/c1-29-12-11-24-21-25-18(15-7-9-16(22)10-8-15)17-19(23)28(27-20(17)26-21)13-14-5-3-2-4-6-14/h2-10H,11-13,23H2,1H3,(H,24,26,27). The maximum Gasteiger partial charge on any atom is 0.225 e. The fourth-order valence-electron chi connectivity index (χ4n) is 3.09. The second-order valence-corrected chi connectivity index (χ2v) is 6.99. The van der Waals surface area contributed by atoms with Crippen molar-refractivity contribution in [3.8, 4) is 11.3 Å². The third-order valence-electron chi connectivity index (χ3n) is 4.52. The highest BCUT2D eigenvalue weighted by atomic mass is 35.5. The molecule has 0 atom stereocenters. The molecule has 7 nitrogen and oxygen atoms in total. The van der Waals surface area contributed by atoms with E-state index < -0.39 is 0 Å². The van der Waals surface area contributed by atoms with Gasteiger partial charge in [0, 0.05) is 24.2 Å². The zero-order valence-electron chi connectivity index (χ0n) is 16.0. The molecule has 0 saturated carbocycles. The number of halogens is 1. The number of benzene rings is 2. The normalized spacial score (nSPS) is 11.1. The average molecular weight is 409 g/mol. The van der Waals surface area contributed by atoms with Gasteiger partial charge in [-0.2, -0.15) is 4.98 Å². The predicted octanol–water partition coefficient (Wildman–Crippen LogP) is 3.84. The van der Waals surface area contributed by atoms with Gasteiger partial charge < -0.3 is 15.8 Å². The number of fused-ring (bicyclic) bond motifs is 1. The predicted molar refractivity (Wildman–Crippen MR) is 116 cm³/mol. The lowest BCUT2D eigenvalue weighted by Crippen LogP contribution is -2.10. The van der Waals surface area contributed by atoms with E-state index in [1.807, 2.05) is 54.6 Å². The van der Waals surface area contributed by atoms with Gasteiger partial charge in [-0.3, -0.25) is 0 Å². The smallest absolute Gasteiger partial charge is 0.225 e. The molecule has 2 heterocycles. The van der Waals surface area contributed by atoms with E-state index in [2.05, 4.69) is 15.4 Å². The third kappa shape index (κ3) is 4.16. The molecule has 0 amide bonds. The van der Waals surface area contributed by atoms with Gasteiger partial charge in [-0.25, -0.2) is 9.67 Å². The molecule has 2 aromatic heterocycles. The molecule has 2 aromatic carbocycles. The number of hydrogen-bond acceptors (Lipinski definition) is 6. The van der Waals surface area contributed by atoms with E-state index >= 15 is 0 Å². The first-order chi connectivity index (χ1) is 14.2. The van der Waals surface area contributed by atoms with Crippen LogP contribution in [0.1, 0.15) is 5.56 Å². The van der Waals surface area contributed by atoms with Crippen LogP contribution in [-0.2, 0) is 11.3 Å². The molecular formula is C21H21ClN6O. The van der Waals surface area contributed by atoms with Crippen molar-refractivity contribution in [2.45, 2.75) is 6.54 Å². The van der Waals surface area contributed by atoms with Gasteiger partial charge in [-0.15, -0.1) is 5.10 Å². The number of aromatic nitrogens is 4. The molecule has 148 valence electrons. The molecule has 0 fully saturated rings. The molecular weight excluding hydrogens is 388 g/mol. The highest BCUT2D eigenvalue weighted by Gasteiger charge is 2.18. The lowest BCUT2D eigenvalue weighted by Gasteiger charge is -2.08. The Hall–Kier alpha value is -3.16. The van der Waals surface area contributed by atoms with E-state index in [0.29, 0.717) is 47.8 Å². The fraction of sp³-hybridized carbons (Fsp3) is 0.190. The molecule has 4 aromatic rings. The van der Waals surface area contributed by atoms with Crippen LogP contribution in [0.2, 0.25) is 5.02 Å². The van der Waals surface area contributed by atoms with E-state index in [1.165, 1.54) is 0 Å². The topological polar surface area (TPSA) is 90.9 Å². The van der Waals surface area contributed by atoms with Crippen molar-refractivity contribution in [2.24, 2.45) is 0 Å². The molecule has 3 N–H and O–H groups in total. The average Bonchev–Trinajstić information content (AvgIpc) is 3.04. The zero-order valence-corrected chi connectivity index (χ0v) is 16.7. The minimum Gasteiger partial charge on any atom is -0.383 e. The zero-order chi connectivity index (χ0) is 20.2. The van der Waals surface area contributed by atoms with E-state index in [9.17, 15) is 0 Å². The van der Waals surface area contributed by atoms with Crippen LogP contribution < -0.4 is 11.1 Å². The number of methoxy groups -OCH3 is 1. The van der Waals surface area contributed by atoms with E-state index in [4.69, 9.17) is 27.1 Å². The summed E-state index contributed by atoms with van der Waals surface area (Å²) in [5.74, 6) is 1.00. The van der Waals surface area contributed by atoms with Crippen molar-refractivity contribution in [1.29, 1.82) is 0 Å². The summed E-state index contributed by atoms with van der Waals surface area (Å²) < 4.78 is 6.85. The van der Waals surface area contributed by atoms with Gasteiger partial charge in [0.05, 0.1) is 24.2 Å². The third-order valence-corrected chi connectivity index (χ3v) is 4.77.